The molecular weight excluding hydrogens is 402 g/mol. The van der Waals surface area contributed by atoms with Crippen molar-refractivity contribution in [2.45, 2.75) is 6.54 Å². The Morgan fingerprint density at radius 1 is 1.00 bits per heavy atom. The first-order valence-corrected chi connectivity index (χ1v) is 9.09. The van der Waals surface area contributed by atoms with Gasteiger partial charge in [0.05, 0.1) is 39.7 Å². The summed E-state index contributed by atoms with van der Waals surface area (Å²) in [4.78, 5) is 24.5. The van der Waals surface area contributed by atoms with Crippen LogP contribution in [-0.2, 0) is 16.1 Å². The Bertz CT molecular complexity index is 1010. The Labute approximate surface area is 180 Å². The van der Waals surface area contributed by atoms with Crippen molar-refractivity contribution in [2.75, 3.05) is 33.8 Å². The largest absolute Gasteiger partial charge is 0.497 e. The zero-order chi connectivity index (χ0) is 22.8. The first-order valence-electron chi connectivity index (χ1n) is 9.09. The van der Waals surface area contributed by atoms with Crippen LogP contribution < -0.4 is 24.8 Å². The van der Waals surface area contributed by atoms with Gasteiger partial charge in [-0.25, -0.2) is 4.79 Å². The number of carbonyl (C=O) groups is 2. The van der Waals surface area contributed by atoms with Crippen molar-refractivity contribution in [3.05, 3.63) is 59.3 Å². The minimum atomic E-state index is -0.626. The van der Waals surface area contributed by atoms with E-state index in [1.807, 2.05) is 6.07 Å². The van der Waals surface area contributed by atoms with Gasteiger partial charge in [-0.1, -0.05) is 12.1 Å². The van der Waals surface area contributed by atoms with E-state index >= 15 is 0 Å². The molecule has 2 aromatic rings. The van der Waals surface area contributed by atoms with Gasteiger partial charge >= 0.3 is 5.97 Å². The Kier molecular flexibility index (Phi) is 8.28. The third kappa shape index (κ3) is 5.90. The number of hydrogen-bond donors (Lipinski definition) is 2. The average molecular weight is 425 g/mol. The lowest BCUT2D eigenvalue weighted by atomic mass is 10.1. The predicted molar refractivity (Wildman–Crippen MR) is 113 cm³/mol. The van der Waals surface area contributed by atoms with Crippen molar-refractivity contribution >= 4 is 17.6 Å². The van der Waals surface area contributed by atoms with Crippen LogP contribution in [0.3, 0.4) is 0 Å². The summed E-state index contributed by atoms with van der Waals surface area (Å²) in [6, 6.07) is 11.9. The van der Waals surface area contributed by atoms with Gasteiger partial charge in [0.15, 0.2) is 11.5 Å². The van der Waals surface area contributed by atoms with Crippen molar-refractivity contribution in [3.8, 4) is 23.3 Å². The normalized spacial score (nSPS) is 10.5. The first kappa shape index (κ1) is 23.1. The second-order valence-electron chi connectivity index (χ2n) is 6.09. The maximum Gasteiger partial charge on any atom is 0.340 e. The summed E-state index contributed by atoms with van der Waals surface area (Å²) in [5.41, 5.74) is 1.08. The maximum atomic E-state index is 12.4. The number of benzene rings is 2. The fourth-order valence-electron chi connectivity index (χ4n) is 2.60. The van der Waals surface area contributed by atoms with E-state index in [0.717, 1.165) is 5.56 Å². The molecule has 0 aliphatic carbocycles. The first-order chi connectivity index (χ1) is 15.0. The molecule has 1 amide bonds. The number of hydrogen-bond acceptors (Lipinski definition) is 8. The maximum absolute atomic E-state index is 12.4. The Morgan fingerprint density at radius 3 is 2.19 bits per heavy atom. The van der Waals surface area contributed by atoms with Gasteiger partial charge in [0.2, 0.25) is 0 Å². The van der Waals surface area contributed by atoms with Crippen LogP contribution in [0, 0.1) is 11.3 Å². The molecule has 0 spiro atoms. The number of esters is 1. The molecule has 162 valence electrons. The van der Waals surface area contributed by atoms with Crippen LogP contribution >= 0.6 is 0 Å². The Morgan fingerprint density at radius 2 is 1.65 bits per heavy atom. The summed E-state index contributed by atoms with van der Waals surface area (Å²) in [6.45, 7) is 0.228. The molecule has 0 unspecified atom stereocenters. The molecule has 31 heavy (non-hydrogen) atoms. The number of nitrogens with zero attached hydrogens (tertiary/aromatic N) is 1. The minimum Gasteiger partial charge on any atom is -0.497 e. The van der Waals surface area contributed by atoms with Gasteiger partial charge in [0.25, 0.3) is 5.91 Å². The van der Waals surface area contributed by atoms with Crippen LogP contribution in [-0.4, -0.2) is 40.3 Å². The van der Waals surface area contributed by atoms with Crippen LogP contribution in [0.25, 0.3) is 0 Å². The number of carbonyl (C=O) groups excluding carboxylic acids is 2. The summed E-state index contributed by atoms with van der Waals surface area (Å²) in [6.07, 6.45) is 1.21. The van der Waals surface area contributed by atoms with Gasteiger partial charge in [-0.2, -0.15) is 5.26 Å². The molecule has 2 aromatic carbocycles. The third-order valence-corrected chi connectivity index (χ3v) is 4.28. The number of ether oxygens (including phenoxy) is 4. The van der Waals surface area contributed by atoms with Gasteiger partial charge < -0.3 is 29.6 Å². The van der Waals surface area contributed by atoms with Crippen molar-refractivity contribution in [1.82, 2.24) is 5.32 Å². The molecule has 2 rings (SSSR count). The molecule has 0 bridgehead atoms. The van der Waals surface area contributed by atoms with Crippen molar-refractivity contribution in [3.63, 3.8) is 0 Å². The number of rotatable bonds is 9. The highest BCUT2D eigenvalue weighted by molar-refractivity contribution is 5.99. The van der Waals surface area contributed by atoms with Crippen LogP contribution in [0.5, 0.6) is 17.2 Å². The quantitative estimate of drug-likeness (QED) is 0.358. The predicted octanol–water partition coefficient (Wildman–Crippen LogP) is 2.63. The van der Waals surface area contributed by atoms with E-state index in [2.05, 4.69) is 10.6 Å². The molecule has 9 nitrogen and oxygen atoms in total. The van der Waals surface area contributed by atoms with E-state index in [0.29, 0.717) is 17.2 Å². The molecule has 0 atom stereocenters. The smallest absolute Gasteiger partial charge is 0.340 e. The van der Waals surface area contributed by atoms with Gasteiger partial charge in [-0.3, -0.25) is 4.79 Å². The Balaban J connectivity index is 2.19. The van der Waals surface area contributed by atoms with E-state index in [4.69, 9.17) is 18.9 Å². The van der Waals surface area contributed by atoms with Crippen LogP contribution in [0.15, 0.2) is 48.2 Å². The summed E-state index contributed by atoms with van der Waals surface area (Å²) in [5.74, 6) is 0.183. The van der Waals surface area contributed by atoms with Crippen LogP contribution in [0.4, 0.5) is 5.69 Å². The molecule has 0 aromatic heterocycles. The van der Waals surface area contributed by atoms with E-state index in [9.17, 15) is 14.9 Å². The lowest BCUT2D eigenvalue weighted by molar-refractivity contribution is -0.117. The summed E-state index contributed by atoms with van der Waals surface area (Å²) in [5, 5.41) is 14.8. The minimum absolute atomic E-state index is 0.146. The second kappa shape index (κ2) is 11.1. The number of anilines is 1. The molecule has 0 radical (unpaired) electrons. The topological polar surface area (TPSA) is 119 Å². The summed E-state index contributed by atoms with van der Waals surface area (Å²) >= 11 is 0. The molecule has 0 fully saturated rings. The van der Waals surface area contributed by atoms with Crippen molar-refractivity contribution in [1.29, 1.82) is 5.26 Å². The standard InChI is InChI=1S/C22H23N3O6/c1-28-16-7-5-14(6-8-16)12-25-21(26)15(11-23)13-24-18-10-20(30-3)19(29-2)9-17(18)22(27)31-4/h5-10,13,24H,12H2,1-4H3,(H,25,26). The zero-order valence-electron chi connectivity index (χ0n) is 17.6. The van der Waals surface area contributed by atoms with Gasteiger partial charge in [0, 0.05) is 24.9 Å². The molecular formula is C22H23N3O6. The molecule has 0 aliphatic rings. The summed E-state index contributed by atoms with van der Waals surface area (Å²) in [7, 11) is 5.69. The van der Waals surface area contributed by atoms with Crippen molar-refractivity contribution < 1.29 is 28.5 Å². The van der Waals surface area contributed by atoms with Gasteiger partial charge in [0.1, 0.15) is 17.4 Å². The number of amides is 1. The molecule has 0 saturated heterocycles. The van der Waals surface area contributed by atoms with Crippen molar-refractivity contribution in [2.24, 2.45) is 0 Å². The molecule has 0 heterocycles. The van der Waals surface area contributed by atoms with Crippen LogP contribution in [0.1, 0.15) is 15.9 Å². The lowest BCUT2D eigenvalue weighted by Crippen LogP contribution is -2.24. The fourth-order valence-corrected chi connectivity index (χ4v) is 2.60. The monoisotopic (exact) mass is 425 g/mol. The summed E-state index contributed by atoms with van der Waals surface area (Å²) < 4.78 is 20.3. The number of nitrogens with one attached hydrogen (secondary N) is 2. The SMILES string of the molecule is COC(=O)c1cc(OC)c(OC)cc1NC=C(C#N)C(=O)NCc1ccc(OC)cc1. The fraction of sp³-hybridized carbons (Fsp3) is 0.227. The number of methoxy groups -OCH3 is 4. The van der Waals surface area contributed by atoms with E-state index < -0.39 is 11.9 Å². The van der Waals surface area contributed by atoms with Crippen LogP contribution in [0.2, 0.25) is 0 Å². The third-order valence-electron chi connectivity index (χ3n) is 4.28. The lowest BCUT2D eigenvalue weighted by Gasteiger charge is -2.14. The molecule has 0 saturated carbocycles. The second-order valence-corrected chi connectivity index (χ2v) is 6.09. The molecule has 2 N–H and O–H groups in total. The van der Waals surface area contributed by atoms with Gasteiger partial charge in [-0.05, 0) is 17.7 Å². The van der Waals surface area contributed by atoms with Gasteiger partial charge in [-0.15, -0.1) is 0 Å². The molecule has 0 aliphatic heterocycles. The van der Waals surface area contributed by atoms with E-state index in [1.54, 1.807) is 31.4 Å². The van der Waals surface area contributed by atoms with E-state index in [1.165, 1.54) is 39.7 Å². The number of nitriles is 1. The average Bonchev–Trinajstić information content (AvgIpc) is 2.82. The highest BCUT2D eigenvalue weighted by atomic mass is 16.5. The Hall–Kier alpha value is -4.19. The van der Waals surface area contributed by atoms with E-state index in [-0.39, 0.29) is 23.4 Å². The molecule has 9 heteroatoms. The zero-order valence-corrected chi connectivity index (χ0v) is 17.6. The highest BCUT2D eigenvalue weighted by Crippen LogP contribution is 2.33. The highest BCUT2D eigenvalue weighted by Gasteiger charge is 2.18.